The van der Waals surface area contributed by atoms with Crippen molar-refractivity contribution in [3.63, 3.8) is 0 Å². The van der Waals surface area contributed by atoms with E-state index in [1.54, 1.807) is 6.92 Å². The van der Waals surface area contributed by atoms with Crippen molar-refractivity contribution in [1.29, 1.82) is 0 Å². The average molecular weight is 308 g/mol. The summed E-state index contributed by atoms with van der Waals surface area (Å²) in [6.45, 7) is 2.17. The highest BCUT2D eigenvalue weighted by Gasteiger charge is 2.13. The number of nitrogens with two attached hydrogens (primary N) is 1. The van der Waals surface area contributed by atoms with Gasteiger partial charge in [0.2, 0.25) is 0 Å². The van der Waals surface area contributed by atoms with E-state index in [9.17, 15) is 4.79 Å². The van der Waals surface area contributed by atoms with Gasteiger partial charge in [-0.05, 0) is 29.5 Å². The van der Waals surface area contributed by atoms with Crippen LogP contribution in [0.5, 0.6) is 0 Å². The fraction of sp³-hybridized carbons (Fsp3) is 0.211. The van der Waals surface area contributed by atoms with E-state index in [1.165, 1.54) is 5.39 Å². The molecule has 3 N–H and O–H groups in total. The molecule has 0 aliphatic heterocycles. The topological polar surface area (TPSA) is 68.1 Å². The number of fused-ring (bicyclic) bond motifs is 1. The van der Waals surface area contributed by atoms with Crippen molar-refractivity contribution in [2.45, 2.75) is 19.4 Å². The third-order valence-corrected chi connectivity index (χ3v) is 3.93. The van der Waals surface area contributed by atoms with Gasteiger partial charge < -0.3 is 15.5 Å². The molecule has 0 saturated heterocycles. The second-order valence-corrected chi connectivity index (χ2v) is 5.49. The van der Waals surface area contributed by atoms with E-state index in [2.05, 4.69) is 23.2 Å². The predicted octanol–water partition coefficient (Wildman–Crippen LogP) is 3.79. The quantitative estimate of drug-likeness (QED) is 0.705. The van der Waals surface area contributed by atoms with E-state index in [0.29, 0.717) is 6.61 Å². The molecule has 0 aliphatic rings. The summed E-state index contributed by atoms with van der Waals surface area (Å²) < 4.78 is 4.94. The first-order valence-corrected chi connectivity index (χ1v) is 7.76. The summed E-state index contributed by atoms with van der Waals surface area (Å²) in [6.07, 6.45) is 2.14. The van der Waals surface area contributed by atoms with Crippen LogP contribution in [0.4, 0.5) is 0 Å². The van der Waals surface area contributed by atoms with Crippen LogP contribution in [-0.4, -0.2) is 17.6 Å². The molecule has 3 rings (SSSR count). The highest BCUT2D eigenvalue weighted by atomic mass is 16.5. The van der Waals surface area contributed by atoms with Crippen LogP contribution in [0.1, 0.15) is 24.9 Å². The number of rotatable bonds is 5. The van der Waals surface area contributed by atoms with E-state index < -0.39 is 0 Å². The van der Waals surface area contributed by atoms with Crippen LogP contribution < -0.4 is 5.73 Å². The average Bonchev–Trinajstić information content (AvgIpc) is 3.03. The smallest absolute Gasteiger partial charge is 0.307 e. The maximum Gasteiger partial charge on any atom is 0.307 e. The summed E-state index contributed by atoms with van der Waals surface area (Å²) >= 11 is 0. The van der Waals surface area contributed by atoms with Gasteiger partial charge in [-0.25, -0.2) is 0 Å². The van der Waals surface area contributed by atoms with Gasteiger partial charge in [-0.2, -0.15) is 0 Å². The van der Waals surface area contributed by atoms with Gasteiger partial charge in [0.1, 0.15) is 0 Å². The molecule has 1 atom stereocenters. The number of nitrogens with one attached hydrogen (secondary N) is 1. The maximum absolute atomic E-state index is 11.5. The Kier molecular flexibility index (Phi) is 4.44. The predicted molar refractivity (Wildman–Crippen MR) is 91.9 cm³/mol. The Balaban J connectivity index is 1.82. The number of benzene rings is 2. The monoisotopic (exact) mass is 308 g/mol. The Morgan fingerprint density at radius 2 is 1.96 bits per heavy atom. The molecule has 3 aromatic rings. The molecule has 4 nitrogen and oxygen atoms in total. The maximum atomic E-state index is 11.5. The van der Waals surface area contributed by atoms with Crippen LogP contribution in [0.2, 0.25) is 0 Å². The van der Waals surface area contributed by atoms with Crippen molar-refractivity contribution in [2.24, 2.45) is 5.73 Å². The zero-order valence-electron chi connectivity index (χ0n) is 13.1. The number of carbonyl (C=O) groups excluding carboxylic acids is 1. The molecule has 0 radical (unpaired) electrons. The van der Waals surface area contributed by atoms with Crippen molar-refractivity contribution in [1.82, 2.24) is 4.98 Å². The fourth-order valence-corrected chi connectivity index (χ4v) is 2.75. The van der Waals surface area contributed by atoms with Gasteiger partial charge in [-0.1, -0.05) is 42.5 Å². The van der Waals surface area contributed by atoms with Gasteiger partial charge in [0.25, 0.3) is 0 Å². The molecule has 1 unspecified atom stereocenters. The van der Waals surface area contributed by atoms with Gasteiger partial charge in [0.05, 0.1) is 18.5 Å². The number of H-pyrrole nitrogens is 1. The molecule has 1 heterocycles. The Hall–Kier alpha value is -2.59. The van der Waals surface area contributed by atoms with Gasteiger partial charge in [-0.15, -0.1) is 0 Å². The molecular formula is C19H20N2O2. The first-order chi connectivity index (χ1) is 11.2. The Bertz CT molecular complexity index is 806. The molecule has 0 saturated carbocycles. The number of hydrogen-bond donors (Lipinski definition) is 2. The molecule has 1 aromatic heterocycles. The first kappa shape index (κ1) is 15.3. The van der Waals surface area contributed by atoms with Crippen LogP contribution in [0.3, 0.4) is 0 Å². The van der Waals surface area contributed by atoms with Crippen molar-refractivity contribution in [3.8, 4) is 11.1 Å². The summed E-state index contributed by atoms with van der Waals surface area (Å²) in [5.74, 6) is -0.264. The van der Waals surface area contributed by atoms with Crippen LogP contribution in [-0.2, 0) is 9.53 Å². The number of hydrogen-bond acceptors (Lipinski definition) is 3. The minimum absolute atomic E-state index is 0.194. The summed E-state index contributed by atoms with van der Waals surface area (Å²) in [5, 5.41) is 1.19. The van der Waals surface area contributed by atoms with Crippen molar-refractivity contribution in [3.05, 3.63) is 60.3 Å². The van der Waals surface area contributed by atoms with E-state index in [-0.39, 0.29) is 18.4 Å². The minimum Gasteiger partial charge on any atom is -0.466 e. The molecule has 23 heavy (non-hydrogen) atoms. The summed E-state index contributed by atoms with van der Waals surface area (Å²) in [5.41, 5.74) is 10.4. The standard InChI is InChI=1S/C19H20N2O2/c1-2-23-18(22)12-17(20)14-8-6-13(7-9-14)16-5-3-4-15-10-11-21-19(15)16/h3-11,17,21H,2,12,20H2,1H3. The minimum atomic E-state index is -0.343. The molecule has 0 spiro atoms. The number of aromatic amines is 1. The van der Waals surface area contributed by atoms with Crippen molar-refractivity contribution < 1.29 is 9.53 Å². The summed E-state index contributed by atoms with van der Waals surface area (Å²) in [6, 6.07) is 16.0. The van der Waals surface area contributed by atoms with Crippen LogP contribution >= 0.6 is 0 Å². The lowest BCUT2D eigenvalue weighted by atomic mass is 9.98. The molecule has 0 amide bonds. The molecular weight excluding hydrogens is 288 g/mol. The van der Waals surface area contributed by atoms with E-state index in [4.69, 9.17) is 10.5 Å². The van der Waals surface area contributed by atoms with Gasteiger partial charge in [0, 0.05) is 17.8 Å². The largest absolute Gasteiger partial charge is 0.466 e. The highest BCUT2D eigenvalue weighted by Crippen LogP contribution is 2.28. The third-order valence-electron chi connectivity index (χ3n) is 3.93. The van der Waals surface area contributed by atoms with Gasteiger partial charge >= 0.3 is 5.97 Å². The molecule has 118 valence electrons. The first-order valence-electron chi connectivity index (χ1n) is 7.76. The molecule has 0 bridgehead atoms. The second kappa shape index (κ2) is 6.67. The number of para-hydroxylation sites is 1. The fourth-order valence-electron chi connectivity index (χ4n) is 2.75. The second-order valence-electron chi connectivity index (χ2n) is 5.49. The Morgan fingerprint density at radius 1 is 1.17 bits per heavy atom. The lowest BCUT2D eigenvalue weighted by molar-refractivity contribution is -0.143. The molecule has 2 aromatic carbocycles. The number of aromatic nitrogens is 1. The van der Waals surface area contributed by atoms with Crippen LogP contribution in [0.15, 0.2) is 54.7 Å². The van der Waals surface area contributed by atoms with Crippen LogP contribution in [0, 0.1) is 0 Å². The summed E-state index contributed by atoms with van der Waals surface area (Å²) in [7, 11) is 0. The lowest BCUT2D eigenvalue weighted by Gasteiger charge is -2.12. The van der Waals surface area contributed by atoms with Gasteiger partial charge in [-0.3, -0.25) is 4.79 Å². The van der Waals surface area contributed by atoms with Crippen molar-refractivity contribution in [2.75, 3.05) is 6.61 Å². The molecule has 4 heteroatoms. The van der Waals surface area contributed by atoms with Crippen LogP contribution in [0.25, 0.3) is 22.0 Å². The normalized spacial score (nSPS) is 12.3. The van der Waals surface area contributed by atoms with E-state index >= 15 is 0 Å². The zero-order chi connectivity index (χ0) is 16.2. The number of ether oxygens (including phenoxy) is 1. The number of carbonyl (C=O) groups is 1. The summed E-state index contributed by atoms with van der Waals surface area (Å²) in [4.78, 5) is 14.8. The van der Waals surface area contributed by atoms with E-state index in [1.807, 2.05) is 36.5 Å². The molecule has 0 fully saturated rings. The molecule has 0 aliphatic carbocycles. The zero-order valence-corrected chi connectivity index (χ0v) is 13.1. The SMILES string of the molecule is CCOC(=O)CC(N)c1ccc(-c2cccc3cc[nH]c23)cc1. The Morgan fingerprint density at radius 3 is 2.70 bits per heavy atom. The Labute approximate surface area is 135 Å². The van der Waals surface area contributed by atoms with Gasteiger partial charge in [0.15, 0.2) is 0 Å². The third kappa shape index (κ3) is 3.27. The highest BCUT2D eigenvalue weighted by molar-refractivity contribution is 5.94. The van der Waals surface area contributed by atoms with E-state index in [0.717, 1.165) is 22.2 Å². The number of esters is 1. The van der Waals surface area contributed by atoms with Crippen molar-refractivity contribution >= 4 is 16.9 Å². The lowest BCUT2D eigenvalue weighted by Crippen LogP contribution is -2.17.